The average molecular weight is 308 g/mol. The minimum atomic E-state index is -1.26. The zero-order valence-corrected chi connectivity index (χ0v) is 13.8. The third kappa shape index (κ3) is 3.61. The molecule has 2 aromatic carbocycles. The van der Waals surface area contributed by atoms with E-state index in [4.69, 9.17) is 11.6 Å². The van der Waals surface area contributed by atoms with Gasteiger partial charge in [-0.3, -0.25) is 0 Å². The summed E-state index contributed by atoms with van der Waals surface area (Å²) >= 11 is 5.98. The molecule has 2 aromatic rings. The lowest BCUT2D eigenvalue weighted by Gasteiger charge is -2.17. The van der Waals surface area contributed by atoms with Crippen LogP contribution < -0.4 is 10.5 Å². The molecule has 0 aromatic heterocycles. The lowest BCUT2D eigenvalue weighted by Crippen LogP contribution is -2.37. The third-order valence-electron chi connectivity index (χ3n) is 3.25. The molecule has 0 heterocycles. The van der Waals surface area contributed by atoms with Crippen LogP contribution in [0.4, 0.5) is 10.1 Å². The van der Waals surface area contributed by atoms with E-state index in [-0.39, 0.29) is 5.82 Å². The molecule has 20 heavy (non-hydrogen) atoms. The first kappa shape index (κ1) is 15.1. The minimum absolute atomic E-state index is 0.323. The number of hydrogen-bond acceptors (Lipinski definition) is 1. The zero-order valence-electron chi connectivity index (χ0n) is 12.0. The largest absolute Gasteiger partial charge is 0.377 e. The van der Waals surface area contributed by atoms with Crippen LogP contribution in [0.1, 0.15) is 5.56 Å². The van der Waals surface area contributed by atoms with Crippen LogP contribution in [-0.2, 0) is 6.54 Å². The van der Waals surface area contributed by atoms with Crippen molar-refractivity contribution in [2.45, 2.75) is 26.2 Å². The zero-order chi connectivity index (χ0) is 14.8. The predicted octanol–water partition coefficient (Wildman–Crippen LogP) is 4.64. The molecule has 4 heteroatoms. The predicted molar refractivity (Wildman–Crippen MR) is 88.2 cm³/mol. The Bertz CT molecular complexity index is 570. The van der Waals surface area contributed by atoms with Crippen molar-refractivity contribution in [3.63, 3.8) is 0 Å². The van der Waals surface area contributed by atoms with Gasteiger partial charge >= 0.3 is 0 Å². The molecule has 0 bridgehead atoms. The van der Waals surface area contributed by atoms with Crippen molar-refractivity contribution in [2.24, 2.45) is 0 Å². The molecule has 0 aliphatic rings. The Hall–Kier alpha value is -1.32. The summed E-state index contributed by atoms with van der Waals surface area (Å²) < 4.78 is 13.6. The number of nitrogens with one attached hydrogen (secondary N) is 1. The van der Waals surface area contributed by atoms with Crippen molar-refractivity contribution >= 4 is 30.5 Å². The van der Waals surface area contributed by atoms with E-state index in [2.05, 4.69) is 49.2 Å². The van der Waals surface area contributed by atoms with Gasteiger partial charge in [0.2, 0.25) is 0 Å². The number of rotatable bonds is 4. The Labute approximate surface area is 125 Å². The Balaban J connectivity index is 2.08. The van der Waals surface area contributed by atoms with E-state index in [0.717, 1.165) is 5.56 Å². The Morgan fingerprint density at radius 1 is 1.05 bits per heavy atom. The highest BCUT2D eigenvalue weighted by Crippen LogP contribution is 2.25. The normalized spacial score (nSPS) is 11.4. The number of hydrogen-bond donors (Lipinski definition) is 1. The fraction of sp³-hybridized carbons (Fsp3) is 0.250. The molecule has 1 nitrogen and oxygen atoms in total. The maximum absolute atomic E-state index is 13.6. The van der Waals surface area contributed by atoms with Gasteiger partial charge in [-0.15, -0.1) is 0 Å². The molecular weight excluding hydrogens is 289 g/mol. The van der Waals surface area contributed by atoms with Crippen molar-refractivity contribution in [3.8, 4) is 0 Å². The monoisotopic (exact) mass is 307 g/mol. The van der Waals surface area contributed by atoms with Crippen molar-refractivity contribution in [1.29, 1.82) is 0 Å². The fourth-order valence-electron chi connectivity index (χ4n) is 1.98. The molecule has 0 saturated carbocycles. The van der Waals surface area contributed by atoms with Gasteiger partial charge in [0.15, 0.2) is 0 Å². The van der Waals surface area contributed by atoms with Gasteiger partial charge in [-0.25, -0.2) is 4.39 Å². The first-order valence-electron chi connectivity index (χ1n) is 6.65. The molecule has 106 valence electrons. The van der Waals surface area contributed by atoms with E-state index in [9.17, 15) is 4.39 Å². The summed E-state index contributed by atoms with van der Waals surface area (Å²) in [7, 11) is -1.26. The van der Waals surface area contributed by atoms with Crippen LogP contribution in [0.5, 0.6) is 0 Å². The summed E-state index contributed by atoms with van der Waals surface area (Å²) in [4.78, 5) is 0. The lowest BCUT2D eigenvalue weighted by molar-refractivity contribution is 0.630. The fourth-order valence-corrected chi connectivity index (χ4v) is 3.38. The van der Waals surface area contributed by atoms with Gasteiger partial charge < -0.3 is 5.32 Å². The van der Waals surface area contributed by atoms with Gasteiger partial charge in [-0.2, -0.15) is 0 Å². The van der Waals surface area contributed by atoms with Gasteiger partial charge in [0.25, 0.3) is 0 Å². The van der Waals surface area contributed by atoms with Gasteiger partial charge in [-0.05, 0) is 17.7 Å². The summed E-state index contributed by atoms with van der Waals surface area (Å²) in [5.41, 5.74) is 1.48. The van der Waals surface area contributed by atoms with Crippen molar-refractivity contribution < 1.29 is 4.39 Å². The quantitative estimate of drug-likeness (QED) is 0.812. The van der Waals surface area contributed by atoms with E-state index >= 15 is 0 Å². The lowest BCUT2D eigenvalue weighted by atomic mass is 10.2. The van der Waals surface area contributed by atoms with E-state index in [1.165, 1.54) is 11.3 Å². The smallest absolute Gasteiger partial charge is 0.147 e. The van der Waals surface area contributed by atoms with E-state index in [1.54, 1.807) is 12.1 Å². The summed E-state index contributed by atoms with van der Waals surface area (Å²) in [6.07, 6.45) is 0. The van der Waals surface area contributed by atoms with Crippen LogP contribution >= 0.6 is 11.6 Å². The Morgan fingerprint density at radius 3 is 2.25 bits per heavy atom. The molecular formula is C16H19ClFNSi. The molecule has 0 unspecified atom stereocenters. The third-order valence-corrected chi connectivity index (χ3v) is 5.63. The number of para-hydroxylation sites is 1. The maximum Gasteiger partial charge on any atom is 0.147 e. The molecule has 0 fully saturated rings. The van der Waals surface area contributed by atoms with Crippen molar-refractivity contribution in [2.75, 3.05) is 5.32 Å². The summed E-state index contributed by atoms with van der Waals surface area (Å²) in [6, 6.07) is 13.2. The highest BCUT2D eigenvalue weighted by atomic mass is 35.5. The minimum Gasteiger partial charge on any atom is -0.377 e. The second-order valence-electron chi connectivity index (χ2n) is 5.90. The van der Waals surface area contributed by atoms with E-state index in [1.807, 2.05) is 0 Å². The molecule has 0 amide bonds. The Kier molecular flexibility index (Phi) is 4.51. The van der Waals surface area contributed by atoms with E-state index in [0.29, 0.717) is 17.3 Å². The van der Waals surface area contributed by atoms with Gasteiger partial charge in [0.1, 0.15) is 5.82 Å². The molecule has 0 radical (unpaired) electrons. The van der Waals surface area contributed by atoms with Crippen LogP contribution in [0.25, 0.3) is 0 Å². The molecule has 0 aliphatic carbocycles. The van der Waals surface area contributed by atoms with Crippen LogP contribution in [0, 0.1) is 5.82 Å². The van der Waals surface area contributed by atoms with Gasteiger partial charge in [0.05, 0.1) is 18.8 Å². The summed E-state index contributed by atoms with van der Waals surface area (Å²) in [5.74, 6) is -0.323. The van der Waals surface area contributed by atoms with Crippen LogP contribution in [0.15, 0.2) is 42.5 Å². The number of halogens is 2. The molecule has 0 atom stereocenters. The van der Waals surface area contributed by atoms with Gasteiger partial charge in [-0.1, -0.05) is 66.8 Å². The number of anilines is 1. The summed E-state index contributed by atoms with van der Waals surface area (Å²) in [6.45, 7) is 7.52. The molecule has 0 spiro atoms. The standard InChI is InChI=1S/C16H19ClFNSi/c1-20(2,3)13-9-7-12(8-10-13)11-19-16-14(17)5-4-6-15(16)18/h4-10,19H,11H2,1-3H3. The molecule has 2 rings (SSSR count). The molecule has 0 aliphatic heterocycles. The second-order valence-corrected chi connectivity index (χ2v) is 11.4. The average Bonchev–Trinajstić information content (AvgIpc) is 2.37. The second kappa shape index (κ2) is 5.98. The van der Waals surface area contributed by atoms with E-state index < -0.39 is 8.07 Å². The highest BCUT2D eigenvalue weighted by molar-refractivity contribution is 6.88. The van der Waals surface area contributed by atoms with Crippen LogP contribution in [0.3, 0.4) is 0 Å². The van der Waals surface area contributed by atoms with Gasteiger partial charge in [0, 0.05) is 6.54 Å². The Morgan fingerprint density at radius 2 is 1.70 bits per heavy atom. The van der Waals surface area contributed by atoms with Crippen LogP contribution in [-0.4, -0.2) is 8.07 Å². The molecule has 0 saturated heterocycles. The maximum atomic E-state index is 13.6. The van der Waals surface area contributed by atoms with Crippen molar-refractivity contribution in [3.05, 3.63) is 58.9 Å². The van der Waals surface area contributed by atoms with Crippen molar-refractivity contribution in [1.82, 2.24) is 0 Å². The van der Waals surface area contributed by atoms with Crippen LogP contribution in [0.2, 0.25) is 24.7 Å². The first-order chi connectivity index (χ1) is 9.38. The summed E-state index contributed by atoms with van der Waals surface area (Å²) in [5, 5.41) is 4.89. The highest BCUT2D eigenvalue weighted by Gasteiger charge is 2.15. The molecule has 1 N–H and O–H groups in total. The first-order valence-corrected chi connectivity index (χ1v) is 10.5. The number of benzene rings is 2. The SMILES string of the molecule is C[Si](C)(C)c1ccc(CNc2c(F)cccc2Cl)cc1. The topological polar surface area (TPSA) is 12.0 Å².